The Hall–Kier alpha value is -1.90. The fraction of sp³-hybridized carbons (Fsp3) is 0.556. The third-order valence-corrected chi connectivity index (χ3v) is 7.50. The van der Waals surface area contributed by atoms with E-state index in [0.717, 1.165) is 23.3 Å². The molecular formula is C27H34F2O. The molecule has 2 aliphatic rings. The van der Waals surface area contributed by atoms with Crippen LogP contribution in [0.4, 0.5) is 8.78 Å². The van der Waals surface area contributed by atoms with Crippen molar-refractivity contribution < 1.29 is 13.5 Å². The maximum Gasteiger partial charge on any atom is 0.200 e. The van der Waals surface area contributed by atoms with Gasteiger partial charge in [-0.1, -0.05) is 56.5 Å². The van der Waals surface area contributed by atoms with Gasteiger partial charge in [0.25, 0.3) is 0 Å². The highest BCUT2D eigenvalue weighted by molar-refractivity contribution is 5.31. The van der Waals surface area contributed by atoms with Crippen LogP contribution >= 0.6 is 0 Å². The summed E-state index contributed by atoms with van der Waals surface area (Å²) in [5.74, 6) is 1.72. The van der Waals surface area contributed by atoms with Crippen LogP contribution in [-0.4, -0.2) is 0 Å². The van der Waals surface area contributed by atoms with Gasteiger partial charge in [0.15, 0.2) is 11.6 Å². The average molecular weight is 413 g/mol. The second-order valence-electron chi connectivity index (χ2n) is 9.54. The number of fused-ring (bicyclic) bond motifs is 1. The van der Waals surface area contributed by atoms with Crippen molar-refractivity contribution in [3.63, 3.8) is 0 Å². The average Bonchev–Trinajstić information content (AvgIpc) is 2.77. The van der Waals surface area contributed by atoms with Crippen molar-refractivity contribution in [3.8, 4) is 5.75 Å². The molecule has 0 bridgehead atoms. The van der Waals surface area contributed by atoms with Crippen molar-refractivity contribution in [2.75, 3.05) is 0 Å². The van der Waals surface area contributed by atoms with Crippen molar-refractivity contribution in [3.05, 3.63) is 64.7 Å². The molecule has 0 amide bonds. The summed E-state index contributed by atoms with van der Waals surface area (Å²) < 4.78 is 33.2. The summed E-state index contributed by atoms with van der Waals surface area (Å²) in [6.45, 7) is 4.10. The van der Waals surface area contributed by atoms with E-state index in [9.17, 15) is 8.78 Å². The molecular weight excluding hydrogens is 378 g/mol. The lowest BCUT2D eigenvalue weighted by atomic mass is 9.63. The van der Waals surface area contributed by atoms with Gasteiger partial charge in [-0.3, -0.25) is 0 Å². The molecule has 2 saturated carbocycles. The van der Waals surface area contributed by atoms with Crippen LogP contribution in [0.15, 0.2) is 36.4 Å². The number of rotatable bonds is 6. The minimum Gasteiger partial charge on any atom is -0.486 e. The molecule has 162 valence electrons. The first-order valence-corrected chi connectivity index (χ1v) is 11.7. The SMILES string of the molecule is CCCC1CCC2CC(c3ccc(COc4ccc(C)c(F)c4F)cc3)CCC2C1. The zero-order valence-corrected chi connectivity index (χ0v) is 18.3. The van der Waals surface area contributed by atoms with E-state index in [0.29, 0.717) is 5.92 Å². The first-order chi connectivity index (χ1) is 14.5. The lowest BCUT2D eigenvalue weighted by molar-refractivity contribution is 0.114. The topological polar surface area (TPSA) is 9.23 Å². The molecule has 0 aliphatic heterocycles. The molecule has 4 unspecified atom stereocenters. The third kappa shape index (κ3) is 4.71. The van der Waals surface area contributed by atoms with Crippen molar-refractivity contribution in [1.82, 2.24) is 0 Å². The Morgan fingerprint density at radius 3 is 2.37 bits per heavy atom. The molecule has 2 fully saturated rings. The van der Waals surface area contributed by atoms with Crippen LogP contribution in [0.25, 0.3) is 0 Å². The predicted octanol–water partition coefficient (Wildman–Crippen LogP) is 7.95. The Kier molecular flexibility index (Phi) is 6.75. The lowest BCUT2D eigenvalue weighted by Crippen LogP contribution is -2.30. The molecule has 0 N–H and O–H groups in total. The summed E-state index contributed by atoms with van der Waals surface area (Å²) in [7, 11) is 0. The Morgan fingerprint density at radius 1 is 0.867 bits per heavy atom. The van der Waals surface area contributed by atoms with Gasteiger partial charge in [-0.25, -0.2) is 4.39 Å². The molecule has 3 heteroatoms. The van der Waals surface area contributed by atoms with Crippen LogP contribution in [0.3, 0.4) is 0 Å². The predicted molar refractivity (Wildman–Crippen MR) is 118 cm³/mol. The molecule has 2 aromatic rings. The summed E-state index contributed by atoms with van der Waals surface area (Å²) >= 11 is 0. The smallest absolute Gasteiger partial charge is 0.200 e. The van der Waals surface area contributed by atoms with E-state index >= 15 is 0 Å². The first-order valence-electron chi connectivity index (χ1n) is 11.7. The van der Waals surface area contributed by atoms with Gasteiger partial charge in [0, 0.05) is 0 Å². The molecule has 0 saturated heterocycles. The molecule has 2 aliphatic carbocycles. The highest BCUT2D eigenvalue weighted by atomic mass is 19.2. The summed E-state index contributed by atoms with van der Waals surface area (Å²) in [6, 6.07) is 11.6. The van der Waals surface area contributed by atoms with Crippen molar-refractivity contribution >= 4 is 0 Å². The first kappa shape index (κ1) is 21.3. The molecule has 30 heavy (non-hydrogen) atoms. The zero-order chi connectivity index (χ0) is 21.1. The van der Waals surface area contributed by atoms with E-state index in [4.69, 9.17) is 4.74 Å². The van der Waals surface area contributed by atoms with Gasteiger partial charge >= 0.3 is 0 Å². The van der Waals surface area contributed by atoms with E-state index in [2.05, 4.69) is 31.2 Å². The standard InChI is InChI=1S/C27H34F2O/c1-3-4-19-6-11-24-16-23(13-12-22(24)15-19)21-9-7-20(8-10-21)17-30-25-14-5-18(2)26(28)27(25)29/h5,7-10,14,19,22-24H,3-4,6,11-13,15-17H2,1-2H3. The number of benzene rings is 2. The van der Waals surface area contributed by atoms with Crippen LogP contribution in [0, 0.1) is 36.3 Å². The molecule has 0 spiro atoms. The third-order valence-electron chi connectivity index (χ3n) is 7.50. The van der Waals surface area contributed by atoms with E-state index in [-0.39, 0.29) is 17.9 Å². The van der Waals surface area contributed by atoms with Gasteiger partial charge in [0.05, 0.1) is 0 Å². The maximum atomic E-state index is 14.0. The van der Waals surface area contributed by atoms with Crippen molar-refractivity contribution in [2.45, 2.75) is 77.7 Å². The van der Waals surface area contributed by atoms with Gasteiger partial charge in [0.1, 0.15) is 6.61 Å². The molecule has 4 rings (SSSR count). The number of ether oxygens (including phenoxy) is 1. The number of aryl methyl sites for hydroxylation is 1. The summed E-state index contributed by atoms with van der Waals surface area (Å²) in [6.07, 6.45) is 11.0. The summed E-state index contributed by atoms with van der Waals surface area (Å²) in [4.78, 5) is 0. The molecule has 0 heterocycles. The Bertz CT molecular complexity index is 845. The Morgan fingerprint density at radius 2 is 1.60 bits per heavy atom. The van der Waals surface area contributed by atoms with Crippen LogP contribution in [-0.2, 0) is 6.61 Å². The molecule has 0 radical (unpaired) electrons. The van der Waals surface area contributed by atoms with E-state index in [1.54, 1.807) is 13.0 Å². The van der Waals surface area contributed by atoms with E-state index < -0.39 is 11.6 Å². The summed E-state index contributed by atoms with van der Waals surface area (Å²) in [5.41, 5.74) is 2.69. The van der Waals surface area contributed by atoms with Gasteiger partial charge in [-0.2, -0.15) is 4.39 Å². The Balaban J connectivity index is 1.33. The monoisotopic (exact) mass is 412 g/mol. The largest absolute Gasteiger partial charge is 0.486 e. The Labute approximate surface area is 179 Å². The lowest BCUT2D eigenvalue weighted by Gasteiger charge is -2.42. The minimum atomic E-state index is -0.906. The second-order valence-corrected chi connectivity index (χ2v) is 9.54. The highest BCUT2D eigenvalue weighted by Gasteiger charge is 2.35. The molecule has 4 atom stereocenters. The van der Waals surface area contributed by atoms with Gasteiger partial charge in [0.2, 0.25) is 5.82 Å². The van der Waals surface area contributed by atoms with Crippen LogP contribution in [0.1, 0.15) is 80.9 Å². The van der Waals surface area contributed by atoms with Crippen molar-refractivity contribution in [2.24, 2.45) is 17.8 Å². The van der Waals surface area contributed by atoms with E-state index in [1.807, 2.05) is 0 Å². The van der Waals surface area contributed by atoms with Crippen LogP contribution < -0.4 is 4.74 Å². The summed E-state index contributed by atoms with van der Waals surface area (Å²) in [5, 5.41) is 0. The normalized spacial score (nSPS) is 26.3. The van der Waals surface area contributed by atoms with Crippen molar-refractivity contribution in [1.29, 1.82) is 0 Å². The fourth-order valence-corrected chi connectivity index (χ4v) is 5.75. The second kappa shape index (κ2) is 9.49. The number of halogens is 2. The van der Waals surface area contributed by atoms with Crippen LogP contribution in [0.5, 0.6) is 5.75 Å². The fourth-order valence-electron chi connectivity index (χ4n) is 5.75. The van der Waals surface area contributed by atoms with Gasteiger partial charge in [-0.15, -0.1) is 0 Å². The molecule has 2 aromatic carbocycles. The highest BCUT2D eigenvalue weighted by Crippen LogP contribution is 2.48. The molecule has 0 aromatic heterocycles. The zero-order valence-electron chi connectivity index (χ0n) is 18.3. The van der Waals surface area contributed by atoms with Gasteiger partial charge < -0.3 is 4.74 Å². The quantitative estimate of drug-likeness (QED) is 0.468. The number of hydrogen-bond donors (Lipinski definition) is 0. The molecule has 1 nitrogen and oxygen atoms in total. The number of hydrogen-bond acceptors (Lipinski definition) is 1. The minimum absolute atomic E-state index is 0.0285. The van der Waals surface area contributed by atoms with Crippen LogP contribution in [0.2, 0.25) is 0 Å². The van der Waals surface area contributed by atoms with E-state index in [1.165, 1.54) is 63.0 Å². The maximum absolute atomic E-state index is 14.0. The van der Waals surface area contributed by atoms with Gasteiger partial charge in [-0.05, 0) is 85.5 Å².